The lowest BCUT2D eigenvalue weighted by atomic mass is 9.79. The molecule has 12 rings (SSSR count). The number of benzene rings is 11. The number of anilines is 3. The van der Waals surface area contributed by atoms with Crippen molar-refractivity contribution in [2.45, 2.75) is 19.3 Å². The van der Waals surface area contributed by atoms with Crippen LogP contribution >= 0.6 is 0 Å². The van der Waals surface area contributed by atoms with E-state index in [1.165, 1.54) is 4.90 Å². The van der Waals surface area contributed by atoms with Gasteiger partial charge in [-0.15, -0.1) is 0 Å². The van der Waals surface area contributed by atoms with Crippen molar-refractivity contribution >= 4 is 49.4 Å². The largest absolute Gasteiger partial charge is 0.311 e. The molecule has 11 aromatic rings. The zero-order valence-corrected chi connectivity index (χ0v) is 35.3. The Morgan fingerprint density at radius 1 is 0.328 bits per heavy atom. The molecule has 0 radical (unpaired) electrons. The monoisotopic (exact) mass is 823 g/mol. The summed E-state index contributed by atoms with van der Waals surface area (Å²) >= 11 is 0. The minimum Gasteiger partial charge on any atom is -0.311 e. The number of hydrogen-bond donors (Lipinski definition) is 0. The fraction of sp³-hybridized carbons (Fsp3) is 0.0476. The van der Waals surface area contributed by atoms with Gasteiger partial charge in [-0.2, -0.15) is 0 Å². The van der Waals surface area contributed by atoms with E-state index < -0.39 is 17.5 Å². The van der Waals surface area contributed by atoms with E-state index in [9.17, 15) is 11.0 Å². The molecule has 1 heteroatoms. The molecular formula is C63H45N. The van der Waals surface area contributed by atoms with Gasteiger partial charge in [-0.1, -0.05) is 202 Å². The van der Waals surface area contributed by atoms with Crippen molar-refractivity contribution < 1.29 is 11.0 Å². The number of nitrogens with zero attached hydrogens (tertiary/aromatic N) is 1. The highest BCUT2D eigenvalue weighted by Crippen LogP contribution is 2.52. The van der Waals surface area contributed by atoms with Crippen LogP contribution in [0.1, 0.15) is 35.9 Å². The third kappa shape index (κ3) is 6.31. The summed E-state index contributed by atoms with van der Waals surface area (Å²) in [6.07, 6.45) is 0. The zero-order valence-electron chi connectivity index (χ0n) is 43.3. The zero-order chi connectivity index (χ0) is 49.7. The normalized spacial score (nSPS) is 14.4. The summed E-state index contributed by atoms with van der Waals surface area (Å²) in [6, 6.07) is 59.0. The van der Waals surface area contributed by atoms with Gasteiger partial charge in [0.15, 0.2) is 0 Å². The minimum absolute atomic E-state index is 0.103. The summed E-state index contributed by atoms with van der Waals surface area (Å²) in [7, 11) is 0. The van der Waals surface area contributed by atoms with Crippen LogP contribution in [-0.2, 0) is 5.41 Å². The highest BCUT2D eigenvalue weighted by atomic mass is 15.1. The van der Waals surface area contributed by atoms with Gasteiger partial charge in [0, 0.05) is 22.5 Å². The summed E-state index contributed by atoms with van der Waals surface area (Å²) in [5.74, 6) is 0. The molecule has 0 spiro atoms. The molecule has 64 heavy (non-hydrogen) atoms. The molecule has 0 bridgehead atoms. The molecule has 0 fully saturated rings. The van der Waals surface area contributed by atoms with Crippen molar-refractivity contribution in [1.82, 2.24) is 0 Å². The smallest absolute Gasteiger partial charge is 0.0645 e. The molecule has 0 heterocycles. The second kappa shape index (κ2) is 15.1. The molecule has 1 aliphatic rings. The van der Waals surface area contributed by atoms with Crippen molar-refractivity contribution in [2.75, 3.05) is 4.90 Å². The summed E-state index contributed by atoms with van der Waals surface area (Å²) in [5.41, 5.74) is 8.46. The van der Waals surface area contributed by atoms with Crippen molar-refractivity contribution in [2.24, 2.45) is 0 Å². The Labute approximate surface area is 386 Å². The molecule has 1 aliphatic carbocycles. The van der Waals surface area contributed by atoms with Gasteiger partial charge in [0.2, 0.25) is 0 Å². The average Bonchev–Trinajstić information content (AvgIpc) is 3.65. The summed E-state index contributed by atoms with van der Waals surface area (Å²) in [6.45, 7) is 4.23. The highest BCUT2D eigenvalue weighted by Gasteiger charge is 2.37. The molecule has 0 saturated heterocycles. The molecule has 1 nitrogen and oxygen atoms in total. The molecule has 0 amide bonds. The van der Waals surface area contributed by atoms with E-state index in [0.29, 0.717) is 16.8 Å². The Bertz CT molecular complexity index is 4000. The number of rotatable bonds is 7. The first kappa shape index (κ1) is 30.1. The first-order valence-electron chi connectivity index (χ1n) is 25.7. The number of hydrogen-bond acceptors (Lipinski definition) is 1. The van der Waals surface area contributed by atoms with E-state index in [1.807, 2.05) is 109 Å². The van der Waals surface area contributed by atoms with Crippen molar-refractivity contribution in [3.05, 3.63) is 248 Å². The van der Waals surface area contributed by atoms with Crippen molar-refractivity contribution in [3.63, 3.8) is 0 Å². The van der Waals surface area contributed by atoms with E-state index in [4.69, 9.17) is 0 Å². The van der Waals surface area contributed by atoms with Gasteiger partial charge in [-0.05, 0) is 148 Å². The van der Waals surface area contributed by atoms with E-state index in [1.54, 1.807) is 18.2 Å². The third-order valence-electron chi connectivity index (χ3n) is 13.0. The Hall–Kier alpha value is -8.00. The molecule has 0 unspecified atom stereocenters. The van der Waals surface area contributed by atoms with Crippen LogP contribution in [0.3, 0.4) is 0 Å². The maximum Gasteiger partial charge on any atom is 0.0645 e. The highest BCUT2D eigenvalue weighted by molar-refractivity contribution is 6.08. The van der Waals surface area contributed by atoms with Crippen LogP contribution < -0.4 is 4.90 Å². The fourth-order valence-corrected chi connectivity index (χ4v) is 9.86. The van der Waals surface area contributed by atoms with Gasteiger partial charge in [0.1, 0.15) is 0 Å². The van der Waals surface area contributed by atoms with Gasteiger partial charge >= 0.3 is 0 Å². The average molecular weight is 824 g/mol. The van der Waals surface area contributed by atoms with E-state index in [2.05, 4.69) is 74.5 Å². The molecule has 0 atom stereocenters. The predicted octanol–water partition coefficient (Wildman–Crippen LogP) is 17.6. The number of fused-ring (bicyclic) bond motifs is 7. The van der Waals surface area contributed by atoms with Crippen LogP contribution in [0.25, 0.3) is 88.0 Å². The van der Waals surface area contributed by atoms with E-state index in [0.717, 1.165) is 76.8 Å². The maximum atomic E-state index is 9.83. The van der Waals surface area contributed by atoms with Gasteiger partial charge in [0.25, 0.3) is 0 Å². The lowest BCUT2D eigenvalue weighted by molar-refractivity contribution is 0.662. The van der Waals surface area contributed by atoms with Crippen LogP contribution in [-0.4, -0.2) is 0 Å². The summed E-state index contributed by atoms with van der Waals surface area (Å²) in [4.78, 5) is 1.38. The van der Waals surface area contributed by atoms with Crippen LogP contribution in [0.2, 0.25) is 0 Å². The SMILES string of the molecule is [2H]c1c([2H])c(N(c2ccc(-c3ccc4c(ccc5ccccc54)c3)cc2)c2c([2H])c([2H])c(-c3cccc4c3C(C)(C)c3ccccc3-4)c([2H])c2[2H])c([2H])c([2H])c1-c1cccc(-c2cccc3ccccc23)c1. The van der Waals surface area contributed by atoms with Crippen molar-refractivity contribution in [1.29, 1.82) is 0 Å². The maximum absolute atomic E-state index is 9.83. The molecule has 11 aromatic carbocycles. The molecule has 0 aliphatic heterocycles. The van der Waals surface area contributed by atoms with E-state index >= 15 is 0 Å². The quantitative estimate of drug-likeness (QED) is 0.145. The van der Waals surface area contributed by atoms with Gasteiger partial charge in [-0.3, -0.25) is 0 Å². The fourth-order valence-electron chi connectivity index (χ4n) is 9.86. The summed E-state index contributed by atoms with van der Waals surface area (Å²) < 4.78 is 77.9. The van der Waals surface area contributed by atoms with Gasteiger partial charge < -0.3 is 4.90 Å². The molecule has 302 valence electrons. The van der Waals surface area contributed by atoms with E-state index in [-0.39, 0.29) is 58.8 Å². The Kier molecular flexibility index (Phi) is 7.11. The third-order valence-corrected chi connectivity index (χ3v) is 13.0. The van der Waals surface area contributed by atoms with Crippen LogP contribution in [0, 0.1) is 0 Å². The summed E-state index contributed by atoms with van der Waals surface area (Å²) in [5, 5.41) is 6.63. The Morgan fingerprint density at radius 3 is 1.66 bits per heavy atom. The van der Waals surface area contributed by atoms with Crippen LogP contribution in [0.4, 0.5) is 17.1 Å². The molecule has 0 aromatic heterocycles. The lowest BCUT2D eigenvalue weighted by Crippen LogP contribution is -2.16. The molecule has 0 N–H and O–H groups in total. The van der Waals surface area contributed by atoms with Crippen LogP contribution in [0.15, 0.2) is 236 Å². The van der Waals surface area contributed by atoms with Crippen molar-refractivity contribution in [3.8, 4) is 55.6 Å². The molecular weight excluding hydrogens is 771 g/mol. The first-order valence-corrected chi connectivity index (χ1v) is 21.7. The second-order valence-electron chi connectivity index (χ2n) is 17.1. The second-order valence-corrected chi connectivity index (χ2v) is 17.1. The Balaban J connectivity index is 1.04. The Morgan fingerprint density at radius 2 is 0.859 bits per heavy atom. The van der Waals surface area contributed by atoms with Gasteiger partial charge in [-0.25, -0.2) is 0 Å². The van der Waals surface area contributed by atoms with Gasteiger partial charge in [0.05, 0.1) is 11.0 Å². The first-order chi connectivity index (χ1) is 34.8. The molecule has 0 saturated carbocycles. The lowest BCUT2D eigenvalue weighted by Gasteiger charge is -2.27. The predicted molar refractivity (Wildman–Crippen MR) is 273 cm³/mol. The topological polar surface area (TPSA) is 3.24 Å². The minimum atomic E-state index is -0.511. The standard InChI is InChI=1S/C63H45N/c1-63(2)61-23-8-7-19-59(61)60-22-11-21-58(62(60)63)46-30-37-53(38-31-46)64(52-35-28-43(29-36-52)48-32-39-57-50(41-48)25-24-45-13-4-6-18-55(45)57)51-33-26-42(27-34-51)47-15-9-16-49(40-47)56-20-10-14-44-12-3-5-17-54(44)56/h3-41H,1-2H3/i26D,27D,30D,31D,33D,34D,37D,38D. The van der Waals surface area contributed by atoms with Crippen LogP contribution in [0.5, 0.6) is 0 Å².